The molecule has 8 nitrogen and oxygen atoms in total. The molecule has 0 amide bonds. The summed E-state index contributed by atoms with van der Waals surface area (Å²) in [6.45, 7) is 2.50. The predicted octanol–water partition coefficient (Wildman–Crippen LogP) is 3.92. The largest absolute Gasteiger partial charge is 0.494 e. The van der Waals surface area contributed by atoms with Crippen LogP contribution in [0.5, 0.6) is 5.75 Å². The SMILES string of the molecule is CCOc1ccc(N2NOC(=O)C2=C2N=NC(=Nc3ccccc3)S2)cc1. The second-order valence-corrected chi connectivity index (χ2v) is 6.38. The van der Waals surface area contributed by atoms with Crippen molar-refractivity contribution in [2.75, 3.05) is 11.6 Å². The van der Waals surface area contributed by atoms with E-state index in [0.717, 1.165) is 11.4 Å². The van der Waals surface area contributed by atoms with Crippen LogP contribution in [0.15, 0.2) is 80.5 Å². The fraction of sp³-hybridized carbons (Fsp3) is 0.111. The van der Waals surface area contributed by atoms with Crippen molar-refractivity contribution in [3.05, 3.63) is 65.3 Å². The summed E-state index contributed by atoms with van der Waals surface area (Å²) in [5.74, 6) is 0.209. The molecule has 0 aromatic heterocycles. The van der Waals surface area contributed by atoms with Crippen molar-refractivity contribution in [2.24, 2.45) is 15.2 Å². The third-order valence-corrected chi connectivity index (χ3v) is 4.47. The second-order valence-electron chi connectivity index (χ2n) is 5.43. The van der Waals surface area contributed by atoms with E-state index in [2.05, 4.69) is 20.8 Å². The number of amidine groups is 1. The monoisotopic (exact) mass is 381 g/mol. The number of nitrogens with zero attached hydrogens (tertiary/aromatic N) is 4. The number of azo groups is 1. The number of benzene rings is 2. The van der Waals surface area contributed by atoms with Gasteiger partial charge in [-0.05, 0) is 55.1 Å². The van der Waals surface area contributed by atoms with Gasteiger partial charge in [0.1, 0.15) is 5.75 Å². The molecule has 4 rings (SSSR count). The fourth-order valence-corrected chi connectivity index (χ4v) is 3.22. The minimum absolute atomic E-state index is 0.256. The number of nitrogens with one attached hydrogen (secondary N) is 1. The number of thioether (sulfide) groups is 1. The standard InChI is InChI=1S/C18H15N5O3S/c1-2-25-14-10-8-13(9-11-14)23-15(17(24)26-22-23)16-20-21-18(27-16)19-12-6-4-3-5-7-12/h3-11,22H,2H2,1H3. The Morgan fingerprint density at radius 1 is 1.15 bits per heavy atom. The first-order valence-electron chi connectivity index (χ1n) is 8.22. The normalized spacial score (nSPS) is 20.4. The molecule has 2 aromatic carbocycles. The number of ether oxygens (including phenoxy) is 1. The number of rotatable bonds is 4. The fourth-order valence-electron chi connectivity index (χ4n) is 2.46. The van der Waals surface area contributed by atoms with Gasteiger partial charge in [0, 0.05) is 0 Å². The van der Waals surface area contributed by atoms with Gasteiger partial charge in [0.15, 0.2) is 10.7 Å². The second kappa shape index (κ2) is 7.60. The summed E-state index contributed by atoms with van der Waals surface area (Å²) in [6.07, 6.45) is 0. The van der Waals surface area contributed by atoms with Gasteiger partial charge in [0.25, 0.3) is 0 Å². The molecule has 27 heavy (non-hydrogen) atoms. The van der Waals surface area contributed by atoms with Crippen molar-refractivity contribution in [1.29, 1.82) is 0 Å². The van der Waals surface area contributed by atoms with E-state index in [0.29, 0.717) is 22.5 Å². The maximum Gasteiger partial charge on any atom is 0.379 e. The van der Waals surface area contributed by atoms with Crippen LogP contribution in [0, 0.1) is 0 Å². The van der Waals surface area contributed by atoms with Crippen LogP contribution in [0.25, 0.3) is 0 Å². The Morgan fingerprint density at radius 3 is 2.67 bits per heavy atom. The van der Waals surface area contributed by atoms with E-state index in [4.69, 9.17) is 9.57 Å². The van der Waals surface area contributed by atoms with E-state index in [9.17, 15) is 4.79 Å². The molecule has 2 aromatic rings. The number of hydrazine groups is 1. The van der Waals surface area contributed by atoms with Gasteiger partial charge >= 0.3 is 5.97 Å². The molecule has 0 saturated carbocycles. The number of para-hydroxylation sites is 1. The lowest BCUT2D eigenvalue weighted by molar-refractivity contribution is -0.140. The van der Waals surface area contributed by atoms with Crippen molar-refractivity contribution in [3.8, 4) is 5.75 Å². The number of carbonyl (C=O) groups is 1. The van der Waals surface area contributed by atoms with Crippen LogP contribution in [-0.4, -0.2) is 17.7 Å². The van der Waals surface area contributed by atoms with E-state index in [-0.39, 0.29) is 5.70 Å². The summed E-state index contributed by atoms with van der Waals surface area (Å²) >= 11 is 1.21. The Balaban J connectivity index is 1.60. The van der Waals surface area contributed by atoms with Crippen LogP contribution in [-0.2, 0) is 9.63 Å². The van der Waals surface area contributed by atoms with Crippen molar-refractivity contribution >= 4 is 34.3 Å². The van der Waals surface area contributed by atoms with Gasteiger partial charge < -0.3 is 9.57 Å². The van der Waals surface area contributed by atoms with Crippen molar-refractivity contribution in [2.45, 2.75) is 6.92 Å². The lowest BCUT2D eigenvalue weighted by Gasteiger charge is -2.16. The van der Waals surface area contributed by atoms with Gasteiger partial charge in [0.2, 0.25) is 5.17 Å². The highest BCUT2D eigenvalue weighted by Gasteiger charge is 2.35. The maximum atomic E-state index is 12.2. The van der Waals surface area contributed by atoms with Crippen molar-refractivity contribution in [1.82, 2.24) is 5.59 Å². The van der Waals surface area contributed by atoms with Crippen LogP contribution >= 0.6 is 11.8 Å². The molecule has 0 spiro atoms. The van der Waals surface area contributed by atoms with E-state index < -0.39 is 5.97 Å². The zero-order valence-corrected chi connectivity index (χ0v) is 15.1. The smallest absolute Gasteiger partial charge is 0.379 e. The Bertz CT molecular complexity index is 941. The lowest BCUT2D eigenvalue weighted by atomic mass is 10.3. The van der Waals surface area contributed by atoms with Gasteiger partial charge in [-0.25, -0.2) is 14.8 Å². The summed E-state index contributed by atoms with van der Waals surface area (Å²) in [5, 5.41) is 10.5. The summed E-state index contributed by atoms with van der Waals surface area (Å²) in [4.78, 5) is 21.6. The molecule has 0 radical (unpaired) electrons. The highest BCUT2D eigenvalue weighted by Crippen LogP contribution is 2.36. The van der Waals surface area contributed by atoms with Crippen LogP contribution in [0.2, 0.25) is 0 Å². The third-order valence-electron chi connectivity index (χ3n) is 3.65. The summed E-state index contributed by atoms with van der Waals surface area (Å²) in [5.41, 5.74) is 4.32. The summed E-state index contributed by atoms with van der Waals surface area (Å²) < 4.78 is 5.44. The number of aliphatic imine (C=N–C) groups is 1. The molecular formula is C18H15N5O3S. The van der Waals surface area contributed by atoms with Crippen molar-refractivity contribution in [3.63, 3.8) is 0 Å². The molecule has 1 N–H and O–H groups in total. The molecule has 1 fully saturated rings. The Labute approximate surface area is 159 Å². The molecule has 9 heteroatoms. The molecule has 0 atom stereocenters. The van der Waals surface area contributed by atoms with Gasteiger partial charge in [-0.15, -0.1) is 10.2 Å². The van der Waals surface area contributed by atoms with E-state index in [1.807, 2.05) is 61.5 Å². The van der Waals surface area contributed by atoms with E-state index in [1.54, 1.807) is 0 Å². The first-order chi connectivity index (χ1) is 13.2. The molecule has 136 valence electrons. The van der Waals surface area contributed by atoms with Crippen LogP contribution in [0.4, 0.5) is 11.4 Å². The Hall–Kier alpha value is -3.17. The van der Waals surface area contributed by atoms with Gasteiger partial charge in [-0.2, -0.15) is 0 Å². The topological polar surface area (TPSA) is 87.9 Å². The number of anilines is 1. The summed E-state index contributed by atoms with van der Waals surface area (Å²) in [6, 6.07) is 16.7. The number of carbonyl (C=O) groups excluding carboxylic acids is 1. The maximum absolute atomic E-state index is 12.2. The van der Waals surface area contributed by atoms with E-state index >= 15 is 0 Å². The molecular weight excluding hydrogens is 366 g/mol. The van der Waals surface area contributed by atoms with Crippen LogP contribution in [0.3, 0.4) is 0 Å². The third kappa shape index (κ3) is 3.69. The van der Waals surface area contributed by atoms with Crippen LogP contribution in [0.1, 0.15) is 6.92 Å². The zero-order chi connectivity index (χ0) is 18.6. The minimum atomic E-state index is -0.536. The van der Waals surface area contributed by atoms with E-state index in [1.165, 1.54) is 16.8 Å². The molecule has 2 heterocycles. The Kier molecular flexibility index (Phi) is 4.86. The van der Waals surface area contributed by atoms with Gasteiger partial charge in [0.05, 0.1) is 18.0 Å². The van der Waals surface area contributed by atoms with Gasteiger partial charge in [-0.3, -0.25) is 0 Å². The van der Waals surface area contributed by atoms with Gasteiger partial charge in [-0.1, -0.05) is 23.8 Å². The Morgan fingerprint density at radius 2 is 1.93 bits per heavy atom. The number of hydrogen-bond acceptors (Lipinski definition) is 8. The molecule has 2 aliphatic heterocycles. The quantitative estimate of drug-likeness (QED) is 0.808. The lowest BCUT2D eigenvalue weighted by Crippen LogP contribution is -2.28. The molecule has 0 bridgehead atoms. The first kappa shape index (κ1) is 17.3. The molecule has 0 unspecified atom stereocenters. The molecule has 0 aliphatic carbocycles. The first-order valence-corrected chi connectivity index (χ1v) is 9.03. The average Bonchev–Trinajstić information content (AvgIpc) is 3.30. The highest BCUT2D eigenvalue weighted by molar-refractivity contribution is 8.17. The molecule has 1 saturated heterocycles. The van der Waals surface area contributed by atoms with Crippen LogP contribution < -0.4 is 15.3 Å². The number of hydrogen-bond donors (Lipinski definition) is 1. The summed E-state index contributed by atoms with van der Waals surface area (Å²) in [7, 11) is 0. The zero-order valence-electron chi connectivity index (χ0n) is 14.3. The highest BCUT2D eigenvalue weighted by atomic mass is 32.2. The average molecular weight is 381 g/mol. The predicted molar refractivity (Wildman–Crippen MR) is 102 cm³/mol. The molecule has 2 aliphatic rings. The van der Waals surface area contributed by atoms with Crippen molar-refractivity contribution < 1.29 is 14.4 Å². The minimum Gasteiger partial charge on any atom is -0.494 e.